The molecule has 0 aliphatic rings. The Balaban J connectivity index is 2.07. The normalized spacial score (nSPS) is 11.8. The van der Waals surface area contributed by atoms with E-state index in [1.165, 1.54) is 10.8 Å². The lowest BCUT2D eigenvalue weighted by molar-refractivity contribution is -0.117. The van der Waals surface area contributed by atoms with Crippen LogP contribution in [0.3, 0.4) is 0 Å². The van der Waals surface area contributed by atoms with Crippen molar-refractivity contribution in [3.8, 4) is 6.07 Å². The highest BCUT2D eigenvalue weighted by atomic mass is 16.2. The lowest BCUT2D eigenvalue weighted by Crippen LogP contribution is -2.40. The molecule has 0 aliphatic carbocycles. The van der Waals surface area contributed by atoms with Crippen molar-refractivity contribution in [2.24, 2.45) is 0 Å². The molecule has 1 atom stereocenters. The molecule has 0 bridgehead atoms. The minimum atomic E-state index is -0.611. The summed E-state index contributed by atoms with van der Waals surface area (Å²) in [5.74, 6) is -0.332. The number of carbonyl (C=O) groups excluding carboxylic acids is 1. The van der Waals surface area contributed by atoms with Gasteiger partial charge in [0, 0.05) is 24.3 Å². The number of nitrogens with one attached hydrogen (secondary N) is 3. The maximum atomic E-state index is 12.3. The van der Waals surface area contributed by atoms with Crippen LogP contribution in [0.1, 0.15) is 37.9 Å². The molecule has 1 amide bonds. The quantitative estimate of drug-likeness (QED) is 0.717. The molecule has 0 radical (unpaired) electrons. The molecule has 2 rings (SSSR count). The number of anilines is 1. The van der Waals surface area contributed by atoms with E-state index < -0.39 is 17.3 Å². The molecule has 0 fully saturated rings. The van der Waals surface area contributed by atoms with E-state index >= 15 is 0 Å². The van der Waals surface area contributed by atoms with Gasteiger partial charge in [0.25, 0.3) is 5.56 Å². The zero-order chi connectivity index (χ0) is 19.3. The number of aromatic nitrogens is 2. The number of nitriles is 1. The minimum absolute atomic E-state index is 0.0960. The maximum Gasteiger partial charge on any atom is 0.328 e. The number of hydrogen-bond donors (Lipinski definition) is 3. The van der Waals surface area contributed by atoms with E-state index in [9.17, 15) is 14.4 Å². The molecule has 0 saturated carbocycles. The van der Waals surface area contributed by atoms with Crippen LogP contribution in [0.4, 0.5) is 5.69 Å². The Morgan fingerprint density at radius 1 is 1.27 bits per heavy atom. The summed E-state index contributed by atoms with van der Waals surface area (Å²) < 4.78 is 1.42. The van der Waals surface area contributed by atoms with Crippen LogP contribution in [-0.2, 0) is 11.3 Å². The Morgan fingerprint density at radius 2 is 1.96 bits per heavy atom. The summed E-state index contributed by atoms with van der Waals surface area (Å²) >= 11 is 0. The number of amides is 1. The molecule has 2 aromatic rings. The summed E-state index contributed by atoms with van der Waals surface area (Å²) in [6.07, 6.45) is 1.49. The van der Waals surface area contributed by atoms with Crippen LogP contribution in [0.5, 0.6) is 0 Å². The molecule has 8 nitrogen and oxygen atoms in total. The zero-order valence-corrected chi connectivity index (χ0v) is 14.9. The van der Waals surface area contributed by atoms with Gasteiger partial charge in [0.15, 0.2) is 0 Å². The van der Waals surface area contributed by atoms with E-state index in [-0.39, 0.29) is 18.5 Å². The van der Waals surface area contributed by atoms with Gasteiger partial charge >= 0.3 is 5.69 Å². The lowest BCUT2D eigenvalue weighted by atomic mass is 10.2. The monoisotopic (exact) mass is 355 g/mol. The second-order valence-electron chi connectivity index (χ2n) is 6.16. The van der Waals surface area contributed by atoms with Crippen molar-refractivity contribution < 1.29 is 4.79 Å². The van der Waals surface area contributed by atoms with Crippen LogP contribution in [-0.4, -0.2) is 21.5 Å². The van der Waals surface area contributed by atoms with E-state index in [1.807, 2.05) is 19.9 Å². The fraction of sp³-hybridized carbons (Fsp3) is 0.333. The van der Waals surface area contributed by atoms with Crippen LogP contribution in [0.15, 0.2) is 40.1 Å². The highest BCUT2D eigenvalue weighted by Gasteiger charge is 2.15. The van der Waals surface area contributed by atoms with Gasteiger partial charge in [-0.15, -0.1) is 0 Å². The van der Waals surface area contributed by atoms with Crippen LogP contribution in [0.25, 0.3) is 0 Å². The number of benzene rings is 1. The summed E-state index contributed by atoms with van der Waals surface area (Å²) in [6.45, 7) is 5.44. The maximum absolute atomic E-state index is 12.3. The predicted molar refractivity (Wildman–Crippen MR) is 97.8 cm³/mol. The van der Waals surface area contributed by atoms with Crippen molar-refractivity contribution >= 4 is 11.6 Å². The highest BCUT2D eigenvalue weighted by molar-refractivity contribution is 5.95. The number of hydrogen-bond acceptors (Lipinski definition) is 5. The van der Waals surface area contributed by atoms with Crippen LogP contribution in [0, 0.1) is 11.3 Å². The summed E-state index contributed by atoms with van der Waals surface area (Å²) in [5, 5.41) is 14.7. The largest absolute Gasteiger partial charge is 0.328 e. The molecule has 0 aliphatic heterocycles. The van der Waals surface area contributed by atoms with Crippen molar-refractivity contribution in [1.29, 1.82) is 5.26 Å². The third-order valence-corrected chi connectivity index (χ3v) is 3.90. The van der Waals surface area contributed by atoms with Crippen molar-refractivity contribution in [3.63, 3.8) is 0 Å². The van der Waals surface area contributed by atoms with Gasteiger partial charge in [0.2, 0.25) is 5.91 Å². The summed E-state index contributed by atoms with van der Waals surface area (Å²) in [7, 11) is 0. The summed E-state index contributed by atoms with van der Waals surface area (Å²) in [6, 6.07) is 8.01. The molecule has 136 valence electrons. The first kappa shape index (κ1) is 19.1. The number of carbonyl (C=O) groups is 1. The number of aromatic amines is 1. The first-order valence-electron chi connectivity index (χ1n) is 8.21. The molecule has 1 aromatic carbocycles. The molecule has 0 spiro atoms. The van der Waals surface area contributed by atoms with Crippen LogP contribution < -0.4 is 21.9 Å². The molecule has 26 heavy (non-hydrogen) atoms. The number of nitrogens with zero attached hydrogens (tertiary/aromatic N) is 2. The average Bonchev–Trinajstić information content (AvgIpc) is 2.60. The number of H-pyrrole nitrogens is 1. The molecule has 1 unspecified atom stereocenters. The van der Waals surface area contributed by atoms with E-state index in [0.29, 0.717) is 16.8 Å². The van der Waals surface area contributed by atoms with Crippen molar-refractivity contribution in [3.05, 3.63) is 62.4 Å². The predicted octanol–water partition coefficient (Wildman–Crippen LogP) is 1.11. The molecule has 3 N–H and O–H groups in total. The average molecular weight is 355 g/mol. The third kappa shape index (κ3) is 4.46. The molecule has 0 saturated heterocycles. The smallest absolute Gasteiger partial charge is 0.324 e. The van der Waals surface area contributed by atoms with Gasteiger partial charge < -0.3 is 10.6 Å². The Bertz CT molecular complexity index is 952. The summed E-state index contributed by atoms with van der Waals surface area (Å²) in [4.78, 5) is 38.2. The first-order chi connectivity index (χ1) is 12.3. The van der Waals surface area contributed by atoms with E-state index in [4.69, 9.17) is 5.26 Å². The van der Waals surface area contributed by atoms with E-state index in [1.54, 1.807) is 31.2 Å². The molecule has 1 heterocycles. The zero-order valence-electron chi connectivity index (χ0n) is 14.9. The fourth-order valence-corrected chi connectivity index (χ4v) is 2.32. The van der Waals surface area contributed by atoms with Gasteiger partial charge in [-0.3, -0.25) is 19.1 Å². The van der Waals surface area contributed by atoms with Gasteiger partial charge in [0.05, 0.1) is 17.3 Å². The van der Waals surface area contributed by atoms with E-state index in [0.717, 1.165) is 0 Å². The molecular weight excluding hydrogens is 334 g/mol. The Labute approximate surface area is 150 Å². The topological polar surface area (TPSA) is 120 Å². The first-order valence-corrected chi connectivity index (χ1v) is 8.21. The van der Waals surface area contributed by atoms with Crippen molar-refractivity contribution in [2.75, 3.05) is 5.32 Å². The lowest BCUT2D eigenvalue weighted by Gasteiger charge is -2.15. The number of rotatable bonds is 6. The molecule has 1 aromatic heterocycles. The number of para-hydroxylation sites is 1. The standard InChI is InChI=1S/C18H21N5O3/c1-11(2)23-10-14(17(25)22-18(23)26)9-20-12(3)16(24)21-15-7-5-4-6-13(15)8-19/h4-7,10-12,20H,9H2,1-3H3,(H,21,24)(H,22,25,26). The second kappa shape index (κ2) is 8.27. The van der Waals surface area contributed by atoms with Crippen molar-refractivity contribution in [2.45, 2.75) is 39.4 Å². The third-order valence-electron chi connectivity index (χ3n) is 3.90. The van der Waals surface area contributed by atoms with Crippen LogP contribution in [0.2, 0.25) is 0 Å². The Hall–Kier alpha value is -3.18. The van der Waals surface area contributed by atoms with E-state index in [2.05, 4.69) is 15.6 Å². The van der Waals surface area contributed by atoms with Gasteiger partial charge in [-0.1, -0.05) is 12.1 Å². The van der Waals surface area contributed by atoms with Gasteiger partial charge in [0.1, 0.15) is 6.07 Å². The second-order valence-corrected chi connectivity index (χ2v) is 6.16. The minimum Gasteiger partial charge on any atom is -0.324 e. The van der Waals surface area contributed by atoms with Gasteiger partial charge in [-0.05, 0) is 32.9 Å². The highest BCUT2D eigenvalue weighted by Crippen LogP contribution is 2.13. The van der Waals surface area contributed by atoms with Crippen LogP contribution >= 0.6 is 0 Å². The Kier molecular flexibility index (Phi) is 6.09. The summed E-state index contributed by atoms with van der Waals surface area (Å²) in [5.41, 5.74) is 0.207. The Morgan fingerprint density at radius 3 is 2.62 bits per heavy atom. The molecular formula is C18H21N5O3. The van der Waals surface area contributed by atoms with Gasteiger partial charge in [-0.25, -0.2) is 4.79 Å². The fourth-order valence-electron chi connectivity index (χ4n) is 2.32. The molecule has 8 heteroatoms. The SMILES string of the molecule is CC(NCc1cn(C(C)C)c(=O)[nH]c1=O)C(=O)Nc1ccccc1C#N. The van der Waals surface area contributed by atoms with Gasteiger partial charge in [-0.2, -0.15) is 5.26 Å². The van der Waals surface area contributed by atoms with Crippen molar-refractivity contribution in [1.82, 2.24) is 14.9 Å².